The fourth-order valence-corrected chi connectivity index (χ4v) is 5.66. The monoisotopic (exact) mass is 532 g/mol. The summed E-state index contributed by atoms with van der Waals surface area (Å²) in [4.78, 5) is 16.6. The van der Waals surface area contributed by atoms with Gasteiger partial charge in [-0.15, -0.1) is 0 Å². The van der Waals surface area contributed by atoms with Gasteiger partial charge in [-0.2, -0.15) is 0 Å². The number of carbonyl (C=O) groups excluding carboxylic acids is 1. The molecule has 3 unspecified atom stereocenters. The van der Waals surface area contributed by atoms with Gasteiger partial charge in [0, 0.05) is 42.2 Å². The molecule has 3 atom stereocenters. The molecule has 1 amide bonds. The third kappa shape index (κ3) is 6.50. The van der Waals surface area contributed by atoms with E-state index in [1.807, 2.05) is 61.8 Å². The highest BCUT2D eigenvalue weighted by molar-refractivity contribution is 6.30. The summed E-state index contributed by atoms with van der Waals surface area (Å²) >= 11 is 6.52. The molecule has 1 heterocycles. The molecule has 3 N–H and O–H groups in total. The zero-order valence-electron chi connectivity index (χ0n) is 22.3. The van der Waals surface area contributed by atoms with Gasteiger partial charge >= 0.3 is 0 Å². The number of piperidine rings is 1. The van der Waals surface area contributed by atoms with Crippen LogP contribution < -0.4 is 20.7 Å². The Morgan fingerprint density at radius 2 is 1.84 bits per heavy atom. The molecule has 0 spiro atoms. The molecule has 3 aromatic carbocycles. The minimum Gasteiger partial charge on any atom is -0.497 e. The molecule has 1 saturated heterocycles. The zero-order valence-corrected chi connectivity index (χ0v) is 23.1. The van der Waals surface area contributed by atoms with E-state index in [4.69, 9.17) is 22.1 Å². The first-order valence-electron chi connectivity index (χ1n) is 13.0. The topological polar surface area (TPSA) is 70.8 Å². The normalized spacial score (nSPS) is 20.1. The van der Waals surface area contributed by atoms with Gasteiger partial charge in [-0.05, 0) is 72.7 Å². The molecule has 0 bridgehead atoms. The van der Waals surface area contributed by atoms with E-state index in [9.17, 15) is 4.79 Å². The maximum absolute atomic E-state index is 12.4. The molecule has 200 valence electrons. The summed E-state index contributed by atoms with van der Waals surface area (Å²) in [5.74, 6) is 0.964. The van der Waals surface area contributed by atoms with Crippen LogP contribution in [-0.4, -0.2) is 37.6 Å². The summed E-state index contributed by atoms with van der Waals surface area (Å²) in [6.45, 7) is 3.53. The van der Waals surface area contributed by atoms with Gasteiger partial charge in [0.2, 0.25) is 6.41 Å². The largest absolute Gasteiger partial charge is 0.497 e. The highest BCUT2D eigenvalue weighted by Crippen LogP contribution is 2.42. The Morgan fingerprint density at radius 3 is 2.50 bits per heavy atom. The van der Waals surface area contributed by atoms with E-state index < -0.39 is 0 Å². The van der Waals surface area contributed by atoms with Crippen molar-refractivity contribution in [3.63, 3.8) is 0 Å². The fraction of sp³-hybridized carbons (Fsp3) is 0.323. The van der Waals surface area contributed by atoms with Crippen molar-refractivity contribution < 1.29 is 9.53 Å². The van der Waals surface area contributed by atoms with Crippen LogP contribution in [0.2, 0.25) is 5.02 Å². The van der Waals surface area contributed by atoms with Crippen molar-refractivity contribution in [2.45, 2.75) is 50.9 Å². The summed E-state index contributed by atoms with van der Waals surface area (Å²) in [6.07, 6.45) is 4.54. The number of amides is 1. The minimum absolute atomic E-state index is 0.0366. The van der Waals surface area contributed by atoms with Crippen molar-refractivity contribution in [2.24, 2.45) is 5.73 Å². The Hall–Kier alpha value is -3.48. The van der Waals surface area contributed by atoms with E-state index in [-0.39, 0.29) is 18.0 Å². The lowest BCUT2D eigenvalue weighted by molar-refractivity contribution is -0.107. The summed E-state index contributed by atoms with van der Waals surface area (Å²) in [6, 6.07) is 24.4. The molecule has 38 heavy (non-hydrogen) atoms. The van der Waals surface area contributed by atoms with Gasteiger partial charge in [0.15, 0.2) is 0 Å². The third-order valence-electron chi connectivity index (χ3n) is 7.38. The van der Waals surface area contributed by atoms with E-state index >= 15 is 0 Å². The van der Waals surface area contributed by atoms with Crippen molar-refractivity contribution in [3.05, 3.63) is 106 Å². The number of nitrogens with zero attached hydrogens (tertiary/aromatic N) is 2. The van der Waals surface area contributed by atoms with Gasteiger partial charge in [0.1, 0.15) is 5.75 Å². The second-order valence-electron chi connectivity index (χ2n) is 9.91. The molecular weight excluding hydrogens is 496 g/mol. The van der Waals surface area contributed by atoms with Gasteiger partial charge < -0.3 is 20.7 Å². The Morgan fingerprint density at radius 1 is 1.11 bits per heavy atom. The lowest BCUT2D eigenvalue weighted by Gasteiger charge is -2.45. The molecule has 1 aliphatic heterocycles. The van der Waals surface area contributed by atoms with Gasteiger partial charge in [0.25, 0.3) is 0 Å². The Balaban J connectivity index is 1.65. The van der Waals surface area contributed by atoms with E-state index in [0.29, 0.717) is 11.6 Å². The van der Waals surface area contributed by atoms with Gasteiger partial charge in [-0.25, -0.2) is 0 Å². The van der Waals surface area contributed by atoms with Crippen LogP contribution >= 0.6 is 11.6 Å². The number of rotatable bonds is 10. The van der Waals surface area contributed by atoms with Gasteiger partial charge in [-0.3, -0.25) is 9.69 Å². The maximum atomic E-state index is 12.4. The minimum atomic E-state index is 0.0366. The number of anilines is 1. The van der Waals surface area contributed by atoms with Crippen molar-refractivity contribution in [3.8, 4) is 5.75 Å². The molecule has 0 radical (unpaired) electrons. The number of ether oxygens (including phenoxy) is 1. The first-order valence-corrected chi connectivity index (χ1v) is 13.4. The zero-order chi connectivity index (χ0) is 27.1. The first-order chi connectivity index (χ1) is 18.4. The van der Waals surface area contributed by atoms with Crippen LogP contribution in [0.15, 0.2) is 84.7 Å². The lowest BCUT2D eigenvalue weighted by atomic mass is 9.80. The Kier molecular flexibility index (Phi) is 9.32. The highest BCUT2D eigenvalue weighted by Gasteiger charge is 2.36. The quantitative estimate of drug-likeness (QED) is 0.329. The fourth-order valence-electron chi connectivity index (χ4n) is 5.48. The second-order valence-corrected chi connectivity index (χ2v) is 10.3. The van der Waals surface area contributed by atoms with Gasteiger partial charge in [0.05, 0.1) is 19.7 Å². The van der Waals surface area contributed by atoms with E-state index in [2.05, 4.69) is 41.4 Å². The summed E-state index contributed by atoms with van der Waals surface area (Å²) in [5, 5.41) is 3.76. The predicted molar refractivity (Wildman–Crippen MR) is 155 cm³/mol. The summed E-state index contributed by atoms with van der Waals surface area (Å²) in [5.41, 5.74) is 11.7. The molecule has 0 aromatic heterocycles. The standard InChI is InChI=1S/C31H37ClN4O2/c1-22-15-25(16-31(29(33)18-34-2)36(22)20-23-7-5-4-6-8-23)28-17-26(32)11-14-30(28)35(21-37)19-24-9-12-27(38-3)13-10-24/h4-14,17-18,21-22,25,31,34H,15-16,19-20,33H2,1-3H3/b29-18-. The first kappa shape index (κ1) is 27.6. The Bertz CT molecular complexity index is 1230. The lowest BCUT2D eigenvalue weighted by Crippen LogP contribution is -2.49. The number of nitrogens with two attached hydrogens (primary N) is 1. The third-order valence-corrected chi connectivity index (χ3v) is 7.62. The van der Waals surface area contributed by atoms with Crippen molar-refractivity contribution in [2.75, 3.05) is 19.1 Å². The van der Waals surface area contributed by atoms with Crippen LogP contribution in [0.5, 0.6) is 5.75 Å². The summed E-state index contributed by atoms with van der Waals surface area (Å²) < 4.78 is 5.28. The molecule has 1 aliphatic rings. The smallest absolute Gasteiger partial charge is 0.214 e. The molecular formula is C31H37ClN4O2. The molecule has 4 rings (SSSR count). The second kappa shape index (κ2) is 12.9. The average molecular weight is 533 g/mol. The molecule has 0 saturated carbocycles. The average Bonchev–Trinajstić information content (AvgIpc) is 2.94. The number of hydrogen-bond acceptors (Lipinski definition) is 5. The van der Waals surface area contributed by atoms with Crippen LogP contribution in [0.1, 0.15) is 42.4 Å². The summed E-state index contributed by atoms with van der Waals surface area (Å²) in [7, 11) is 3.51. The van der Waals surface area contributed by atoms with Crippen molar-refractivity contribution >= 4 is 23.7 Å². The number of carbonyl (C=O) groups is 1. The van der Waals surface area contributed by atoms with Crippen LogP contribution in [0.3, 0.4) is 0 Å². The Labute approximate surface area is 231 Å². The molecule has 6 nitrogen and oxygen atoms in total. The molecule has 3 aromatic rings. The van der Waals surface area contributed by atoms with Crippen LogP contribution in [0, 0.1) is 0 Å². The molecule has 0 aliphatic carbocycles. The number of likely N-dealkylation sites (tertiary alicyclic amines) is 1. The van der Waals surface area contributed by atoms with Crippen molar-refractivity contribution in [1.82, 2.24) is 10.2 Å². The van der Waals surface area contributed by atoms with Crippen molar-refractivity contribution in [1.29, 1.82) is 0 Å². The number of benzene rings is 3. The number of halogens is 1. The number of hydrogen-bond donors (Lipinski definition) is 2. The molecule has 7 heteroatoms. The van der Waals surface area contributed by atoms with Crippen LogP contribution in [0.4, 0.5) is 5.69 Å². The highest BCUT2D eigenvalue weighted by atomic mass is 35.5. The number of nitrogens with one attached hydrogen (secondary N) is 1. The number of methoxy groups -OCH3 is 1. The molecule has 1 fully saturated rings. The SMILES string of the molecule is CN/C=C(\N)C1CC(c2cc(Cl)ccc2N(C=O)Cc2ccc(OC)cc2)CC(C)N1Cc1ccccc1. The maximum Gasteiger partial charge on any atom is 0.214 e. The van der Waals surface area contributed by atoms with Crippen LogP contribution in [0.25, 0.3) is 0 Å². The van der Waals surface area contributed by atoms with E-state index in [1.165, 1.54) is 5.56 Å². The predicted octanol–water partition coefficient (Wildman–Crippen LogP) is 5.67. The van der Waals surface area contributed by atoms with Crippen LogP contribution in [-0.2, 0) is 17.9 Å². The van der Waals surface area contributed by atoms with E-state index in [1.54, 1.807) is 12.0 Å². The van der Waals surface area contributed by atoms with Gasteiger partial charge in [-0.1, -0.05) is 54.1 Å². The van der Waals surface area contributed by atoms with E-state index in [0.717, 1.165) is 54.1 Å².